The molecule has 2 aromatic heterocycles. The van der Waals surface area contributed by atoms with Crippen molar-refractivity contribution >= 4 is 40.0 Å². The monoisotopic (exact) mass is 362 g/mol. The van der Waals surface area contributed by atoms with Crippen molar-refractivity contribution in [3.8, 4) is 0 Å². The van der Waals surface area contributed by atoms with Gasteiger partial charge in [0.25, 0.3) is 5.56 Å². The van der Waals surface area contributed by atoms with E-state index in [1.54, 1.807) is 4.57 Å². The van der Waals surface area contributed by atoms with Crippen molar-refractivity contribution in [1.29, 1.82) is 0 Å². The number of benzene rings is 1. The predicted octanol–water partition coefficient (Wildman–Crippen LogP) is 3.93. The molecule has 0 aliphatic heterocycles. The molecule has 0 bridgehead atoms. The molecule has 0 saturated carbocycles. The lowest BCUT2D eigenvalue weighted by Gasteiger charge is -2.12. The summed E-state index contributed by atoms with van der Waals surface area (Å²) in [5.74, 6) is 1.61. The van der Waals surface area contributed by atoms with Gasteiger partial charge in [0.1, 0.15) is 0 Å². The van der Waals surface area contributed by atoms with Crippen LogP contribution in [0.3, 0.4) is 0 Å². The summed E-state index contributed by atoms with van der Waals surface area (Å²) in [7, 11) is 0. The van der Waals surface area contributed by atoms with Crippen molar-refractivity contribution in [2.45, 2.75) is 32.0 Å². The summed E-state index contributed by atoms with van der Waals surface area (Å²) in [5, 5.41) is 10.5. The summed E-state index contributed by atoms with van der Waals surface area (Å²) in [5.41, 5.74) is 0.787. The number of hydrogen-bond donors (Lipinski definition) is 0. The van der Waals surface area contributed by atoms with Gasteiger partial charge >= 0.3 is 0 Å². The molecular weight excluding hydrogens is 344 g/mol. The predicted molar refractivity (Wildman–Crippen MR) is 99.9 cm³/mol. The lowest BCUT2D eigenvalue weighted by atomic mass is 10.1. The highest BCUT2D eigenvalue weighted by molar-refractivity contribution is 7.99. The molecule has 0 saturated heterocycles. The Hall–Kier alpha value is -1.79. The second-order valence-electron chi connectivity index (χ2n) is 6.08. The van der Waals surface area contributed by atoms with E-state index >= 15 is 0 Å². The first-order valence-electron chi connectivity index (χ1n) is 7.81. The molecule has 0 aliphatic carbocycles. The van der Waals surface area contributed by atoms with Crippen LogP contribution in [-0.4, -0.2) is 24.9 Å². The first kappa shape index (κ1) is 17.0. The number of rotatable bonds is 6. The minimum atomic E-state index is -0.0237. The van der Waals surface area contributed by atoms with E-state index in [1.165, 1.54) is 11.8 Å². The quantitative estimate of drug-likeness (QED) is 0.623. The van der Waals surface area contributed by atoms with Gasteiger partial charge in [-0.15, -0.1) is 10.2 Å². The molecule has 0 N–H and O–H groups in total. The van der Waals surface area contributed by atoms with Gasteiger partial charge in [-0.05, 0) is 24.5 Å². The third-order valence-electron chi connectivity index (χ3n) is 3.77. The van der Waals surface area contributed by atoms with Gasteiger partial charge in [0.15, 0.2) is 5.16 Å². The van der Waals surface area contributed by atoms with E-state index in [1.807, 2.05) is 28.7 Å². The Bertz CT molecular complexity index is 960. The van der Waals surface area contributed by atoms with E-state index in [-0.39, 0.29) is 5.56 Å². The van der Waals surface area contributed by atoms with Gasteiger partial charge in [0.2, 0.25) is 5.78 Å². The average Bonchev–Trinajstić information content (AvgIpc) is 2.96. The summed E-state index contributed by atoms with van der Waals surface area (Å²) < 4.78 is 3.65. The summed E-state index contributed by atoms with van der Waals surface area (Å²) in [6, 6.07) is 7.55. The van der Waals surface area contributed by atoms with Crippen LogP contribution in [0.1, 0.15) is 20.3 Å². The van der Waals surface area contributed by atoms with E-state index in [0.717, 1.165) is 11.9 Å². The van der Waals surface area contributed by atoms with Crippen LogP contribution in [0.25, 0.3) is 16.7 Å². The van der Waals surface area contributed by atoms with Gasteiger partial charge in [-0.2, -0.15) is 0 Å². The Labute approximate surface area is 149 Å². The smallest absolute Gasteiger partial charge is 0.262 e. The summed E-state index contributed by atoms with van der Waals surface area (Å²) in [6.45, 7) is 8.61. The number of aromatic nitrogens is 4. The number of para-hydroxylation sites is 1. The fraction of sp³-hybridized carbons (Fsp3) is 0.353. The summed E-state index contributed by atoms with van der Waals surface area (Å²) >= 11 is 7.34. The Balaban J connectivity index is 2.24. The van der Waals surface area contributed by atoms with E-state index < -0.39 is 0 Å². The molecule has 0 atom stereocenters. The highest BCUT2D eigenvalue weighted by Crippen LogP contribution is 2.23. The Morgan fingerprint density at radius 2 is 2.08 bits per heavy atom. The molecule has 0 aliphatic rings. The molecule has 2 heterocycles. The standard InChI is InChI=1S/C17H19ClN4OS/c1-11(2)8-9-21-15(23)13-6-4-5-7-14(13)22-16(21)19-20-17(22)24-10-12(3)18/h4-7,11H,3,8-10H2,1-2H3. The van der Waals surface area contributed by atoms with Crippen molar-refractivity contribution in [2.75, 3.05) is 5.75 Å². The maximum atomic E-state index is 12.9. The van der Waals surface area contributed by atoms with Crippen LogP contribution in [-0.2, 0) is 6.54 Å². The van der Waals surface area contributed by atoms with Crippen LogP contribution >= 0.6 is 23.4 Å². The Kier molecular flexibility index (Phi) is 4.96. The second-order valence-corrected chi connectivity index (χ2v) is 7.56. The highest BCUT2D eigenvalue weighted by atomic mass is 35.5. The molecule has 1 aromatic carbocycles. The highest BCUT2D eigenvalue weighted by Gasteiger charge is 2.16. The SMILES string of the molecule is C=C(Cl)CSc1nnc2n(CCC(C)C)c(=O)c3ccccc3n12. The number of fused-ring (bicyclic) bond motifs is 3. The van der Waals surface area contributed by atoms with Gasteiger partial charge in [0.05, 0.1) is 10.9 Å². The van der Waals surface area contributed by atoms with Crippen LogP contribution < -0.4 is 5.56 Å². The normalized spacial score (nSPS) is 11.7. The topological polar surface area (TPSA) is 52.2 Å². The molecular formula is C17H19ClN4OS. The lowest BCUT2D eigenvalue weighted by molar-refractivity contribution is 0.512. The molecule has 5 nitrogen and oxygen atoms in total. The van der Waals surface area contributed by atoms with Crippen molar-refractivity contribution in [2.24, 2.45) is 5.92 Å². The van der Waals surface area contributed by atoms with Crippen molar-refractivity contribution in [1.82, 2.24) is 19.2 Å². The number of halogens is 1. The van der Waals surface area contributed by atoms with Crippen molar-refractivity contribution in [3.63, 3.8) is 0 Å². The first-order valence-corrected chi connectivity index (χ1v) is 9.18. The van der Waals surface area contributed by atoms with Gasteiger partial charge in [0, 0.05) is 17.3 Å². The minimum Gasteiger partial charge on any atom is -0.276 e. The average molecular weight is 363 g/mol. The zero-order valence-corrected chi connectivity index (χ0v) is 15.3. The van der Waals surface area contributed by atoms with Crippen LogP contribution in [0.5, 0.6) is 0 Å². The Morgan fingerprint density at radius 1 is 1.33 bits per heavy atom. The molecule has 0 unspecified atom stereocenters. The number of aryl methyl sites for hydroxylation is 1. The van der Waals surface area contributed by atoms with Crippen LogP contribution in [0.4, 0.5) is 0 Å². The molecule has 0 spiro atoms. The third kappa shape index (κ3) is 3.21. The zero-order valence-electron chi connectivity index (χ0n) is 13.7. The molecule has 0 amide bonds. The van der Waals surface area contributed by atoms with Crippen LogP contribution in [0.2, 0.25) is 0 Å². The van der Waals surface area contributed by atoms with Crippen molar-refractivity contribution < 1.29 is 0 Å². The molecule has 3 rings (SSSR count). The minimum absolute atomic E-state index is 0.0237. The fourth-order valence-electron chi connectivity index (χ4n) is 2.56. The first-order chi connectivity index (χ1) is 11.5. The molecule has 126 valence electrons. The fourth-order valence-corrected chi connectivity index (χ4v) is 3.42. The molecule has 0 radical (unpaired) electrons. The lowest BCUT2D eigenvalue weighted by Crippen LogP contribution is -2.24. The van der Waals surface area contributed by atoms with Crippen LogP contribution in [0, 0.1) is 5.92 Å². The van der Waals surface area contributed by atoms with Crippen molar-refractivity contribution in [3.05, 3.63) is 46.2 Å². The van der Waals surface area contributed by atoms with Gasteiger partial charge < -0.3 is 0 Å². The van der Waals surface area contributed by atoms with E-state index in [2.05, 4.69) is 30.6 Å². The molecule has 3 aromatic rings. The maximum Gasteiger partial charge on any atom is 0.262 e. The zero-order chi connectivity index (χ0) is 17.3. The number of nitrogens with zero attached hydrogens (tertiary/aromatic N) is 4. The number of thioether (sulfide) groups is 1. The second kappa shape index (κ2) is 6.99. The van der Waals surface area contributed by atoms with E-state index in [0.29, 0.717) is 39.6 Å². The van der Waals surface area contributed by atoms with E-state index in [9.17, 15) is 4.79 Å². The number of hydrogen-bond acceptors (Lipinski definition) is 4. The summed E-state index contributed by atoms with van der Waals surface area (Å²) in [4.78, 5) is 12.9. The van der Waals surface area contributed by atoms with Crippen LogP contribution in [0.15, 0.2) is 45.8 Å². The van der Waals surface area contributed by atoms with Gasteiger partial charge in [-0.25, -0.2) is 0 Å². The molecule has 24 heavy (non-hydrogen) atoms. The Morgan fingerprint density at radius 3 is 2.79 bits per heavy atom. The summed E-state index contributed by atoms with van der Waals surface area (Å²) in [6.07, 6.45) is 0.904. The van der Waals surface area contributed by atoms with E-state index in [4.69, 9.17) is 11.6 Å². The molecule has 7 heteroatoms. The maximum absolute atomic E-state index is 12.9. The third-order valence-corrected chi connectivity index (χ3v) is 5.07. The van der Waals surface area contributed by atoms with Gasteiger partial charge in [-0.1, -0.05) is 55.9 Å². The largest absolute Gasteiger partial charge is 0.276 e. The molecule has 0 fully saturated rings. The van der Waals surface area contributed by atoms with Gasteiger partial charge in [-0.3, -0.25) is 13.8 Å².